The maximum absolute atomic E-state index is 14.8. The van der Waals surface area contributed by atoms with E-state index >= 15 is 0 Å². The van der Waals surface area contributed by atoms with Crippen molar-refractivity contribution in [3.05, 3.63) is 96.2 Å². The molecular weight excluding hydrogens is 1960 g/mol. The second-order valence-electron chi connectivity index (χ2n) is 40.3. The van der Waals surface area contributed by atoms with Crippen LogP contribution in [0.3, 0.4) is 0 Å². The normalized spacial score (nSPS) is 28.2. The molecule has 758 valence electrons. The number of ether oxygens (including phenoxy) is 7. The van der Waals surface area contributed by atoms with Crippen molar-refractivity contribution >= 4 is 152 Å². The Hall–Kier alpha value is -9.25. The van der Waals surface area contributed by atoms with Gasteiger partial charge in [0.1, 0.15) is 99.8 Å². The van der Waals surface area contributed by atoms with E-state index in [1.165, 1.54) is 83.8 Å². The van der Waals surface area contributed by atoms with Crippen LogP contribution >= 0.6 is 61.8 Å². The molecule has 6 aliphatic heterocycles. The number of fused-ring (bicyclic) bond motifs is 8. The van der Waals surface area contributed by atoms with Gasteiger partial charge in [0.2, 0.25) is 23.6 Å². The van der Waals surface area contributed by atoms with Crippen molar-refractivity contribution in [2.24, 2.45) is 35.5 Å². The zero-order valence-corrected chi connectivity index (χ0v) is 85.5. The van der Waals surface area contributed by atoms with Gasteiger partial charge in [-0.05, 0) is 215 Å². The Morgan fingerprint density at radius 1 is 0.564 bits per heavy atom. The van der Waals surface area contributed by atoms with Gasteiger partial charge in [-0.3, -0.25) is 38.0 Å². The highest BCUT2D eigenvalue weighted by molar-refractivity contribution is 9.10. The largest absolute Gasteiger partial charge is 0.491 e. The smallest absolute Gasteiger partial charge is 0.408 e. The second-order valence-corrected chi connectivity index (χ2v) is 45.3. The van der Waals surface area contributed by atoms with Crippen molar-refractivity contribution in [1.82, 2.24) is 60.8 Å². The fourth-order valence-corrected chi connectivity index (χ4v) is 25.1. The van der Waals surface area contributed by atoms with Gasteiger partial charge in [0.25, 0.3) is 10.1 Å². The molecule has 140 heavy (non-hydrogen) atoms. The van der Waals surface area contributed by atoms with Gasteiger partial charge in [-0.25, -0.2) is 34.1 Å². The van der Waals surface area contributed by atoms with E-state index < -0.39 is 105 Å². The Bertz CT molecular complexity index is 5810. The number of carbonyl (C=O) groups is 8. The summed E-state index contributed by atoms with van der Waals surface area (Å²) in [6.07, 6.45) is 17.5. The molecule has 34 nitrogen and oxygen atoms in total. The molecule has 4 aromatic heterocycles. The molecule has 40 heteroatoms. The number of H-pyrrole nitrogens is 1. The van der Waals surface area contributed by atoms with Crippen LogP contribution < -0.4 is 51.5 Å². The average molecular weight is 2090 g/mol. The van der Waals surface area contributed by atoms with E-state index in [-0.39, 0.29) is 66.3 Å². The summed E-state index contributed by atoms with van der Waals surface area (Å²) in [5, 5.41) is 35.7. The number of anilines is 2. The minimum atomic E-state index is -4.23. The molecule has 6 amide bonds. The first-order chi connectivity index (χ1) is 67.4. The van der Waals surface area contributed by atoms with E-state index in [9.17, 15) is 56.7 Å². The number of nitrogens with one attached hydrogen (secondary N) is 7. The van der Waals surface area contributed by atoms with E-state index in [4.69, 9.17) is 70.5 Å². The number of alkyl carbamates (subject to hydrolysis) is 2. The molecule has 7 aromatic rings. The maximum atomic E-state index is 14.8. The van der Waals surface area contributed by atoms with Gasteiger partial charge in [-0.1, -0.05) is 110 Å². The number of pyridine rings is 2. The highest BCUT2D eigenvalue weighted by Gasteiger charge is 2.64. The molecule has 12 fully saturated rings. The van der Waals surface area contributed by atoms with Crippen LogP contribution in [0.4, 0.5) is 19.9 Å². The van der Waals surface area contributed by atoms with Gasteiger partial charge in [-0.15, -0.1) is 22.7 Å². The minimum absolute atomic E-state index is 0.00834. The number of carbonyl (C=O) groups excluding carboxylic acids is 7. The van der Waals surface area contributed by atoms with Crippen LogP contribution in [0.2, 0.25) is 10.0 Å². The lowest BCUT2D eigenvalue weighted by atomic mass is 10.0. The third-order valence-corrected chi connectivity index (χ3v) is 33.6. The molecule has 2 unspecified atom stereocenters. The molecule has 6 saturated carbocycles. The number of hydrogen-bond acceptors (Lipinski definition) is 28. The number of rotatable bonds is 25. The number of aromatic amines is 1. The van der Waals surface area contributed by atoms with Crippen molar-refractivity contribution in [3.8, 4) is 40.0 Å². The van der Waals surface area contributed by atoms with Crippen LogP contribution in [0.1, 0.15) is 201 Å². The van der Waals surface area contributed by atoms with Crippen molar-refractivity contribution in [2.45, 2.75) is 278 Å². The summed E-state index contributed by atoms with van der Waals surface area (Å²) in [6.45, 7) is 15.9. The first kappa shape index (κ1) is 102. The van der Waals surface area contributed by atoms with Crippen LogP contribution in [-0.4, -0.2) is 258 Å². The molecule has 0 spiro atoms. The lowest BCUT2D eigenvalue weighted by Crippen LogP contribution is -2.56. The highest BCUT2D eigenvalue weighted by Crippen LogP contribution is 2.55. The van der Waals surface area contributed by atoms with Gasteiger partial charge in [-0.2, -0.15) is 8.42 Å². The Labute approximate surface area is 841 Å². The zero-order chi connectivity index (χ0) is 98.3. The molecular formula is C100H129BrCl2N14O20S3. The van der Waals surface area contributed by atoms with Crippen molar-refractivity contribution in [2.75, 3.05) is 96.5 Å². The molecule has 6 saturated heterocycles. The quantitative estimate of drug-likeness (QED) is 0.0150. The topological polar surface area (TPSA) is 421 Å². The van der Waals surface area contributed by atoms with E-state index in [0.717, 1.165) is 132 Å². The summed E-state index contributed by atoms with van der Waals surface area (Å²) < 4.78 is 73.7. The fourth-order valence-electron chi connectivity index (χ4n) is 21.5. The fraction of sp³-hybridized carbons (Fsp3) is 0.620. The van der Waals surface area contributed by atoms with Gasteiger partial charge >= 0.3 is 24.1 Å². The minimum Gasteiger partial charge on any atom is -0.491 e. The number of nitrogens with zero attached hydrogens (tertiary/aromatic N) is 7. The van der Waals surface area contributed by atoms with Crippen LogP contribution in [0, 0.1) is 35.5 Å². The SMILES string of the molecule is CC(C)Nc1nc(-c2cc(=O)c3ccc(OCCN4CCCCC4)c(Cl)c3[nH]2)cs1.CC(C)Nc1nc(-c2cc(O[C@@H]3C[C@H]4C(=O)N[C@]5(C(=O)O)C[C@H]5CCCCCCC[C@H](NC(=O)OC5C[C@@H]6C[C@@H]6C5)C(=O)N4C3)c3ccc(OCCN4CCOCC4)c(Cl)c3n2)cs1.COC(=O)[C@@]12C[C@H]1CCCCCCC[C@H](NC(=O)OC1C[C@@H]3C[C@@H]3C1)C(=O)N1C[C@@H](OS(=O)(=O)c3ccc(Br)cc3)C[C@H]1C(=O)N2. The van der Waals surface area contributed by atoms with E-state index in [0.29, 0.717) is 178 Å². The van der Waals surface area contributed by atoms with Crippen molar-refractivity contribution in [1.29, 1.82) is 0 Å². The van der Waals surface area contributed by atoms with E-state index in [2.05, 4.69) is 81.4 Å². The summed E-state index contributed by atoms with van der Waals surface area (Å²) >= 11 is 20.0. The van der Waals surface area contributed by atoms with E-state index in [1.54, 1.807) is 42.5 Å². The molecule has 12 aliphatic rings. The molecule has 8 N–H and O–H groups in total. The number of methoxy groups -OCH3 is 1. The lowest BCUT2D eigenvalue weighted by Gasteiger charge is -2.30. The third-order valence-electron chi connectivity index (χ3n) is 29.4. The molecule has 19 rings (SSSR count). The maximum Gasteiger partial charge on any atom is 0.408 e. The van der Waals surface area contributed by atoms with Gasteiger partial charge in [0, 0.05) is 95.8 Å². The first-order valence-electron chi connectivity index (χ1n) is 50.0. The number of carboxylic acid groups (broad SMARTS) is 1. The number of halogens is 3. The summed E-state index contributed by atoms with van der Waals surface area (Å²) in [7, 11) is -2.95. The number of esters is 1. The van der Waals surface area contributed by atoms with Gasteiger partial charge < -0.3 is 84.9 Å². The summed E-state index contributed by atoms with van der Waals surface area (Å²) in [4.78, 5) is 147. The Balaban J connectivity index is 0.000000155. The second kappa shape index (κ2) is 45.4. The van der Waals surface area contributed by atoms with Gasteiger partial charge in [0.15, 0.2) is 15.7 Å². The predicted molar refractivity (Wildman–Crippen MR) is 534 cm³/mol. The number of piperidine rings is 1. The molecule has 6 aliphatic carbocycles. The Kier molecular flexibility index (Phi) is 33.1. The van der Waals surface area contributed by atoms with E-state index in [1.807, 2.05) is 30.7 Å². The number of amides is 6. The number of likely N-dealkylation sites (tertiary alicyclic amines) is 1. The monoisotopic (exact) mass is 2090 g/mol. The predicted octanol–water partition coefficient (Wildman–Crippen LogP) is 15.3. The molecule has 16 atom stereocenters. The standard InChI is InChI=1S/C46H60ClN7O9S.C32H42BrN3O9S.C22H27ClN4O2S/c1-26(2)48-44-50-35(25-64-44)34-22-38(32-10-11-37(39(47)40(32)49-34)61-17-14-53-12-15-60-16-13-53)62-31-21-36-41(55)52-46(43(57)58)23-29(46)8-6-4-3-5-7-9-33(42(56)54(36)24-31)51-45(59)63-30-19-27-18-28(27)20-30;1-43-30(39)32-17-21(32)7-5-3-2-4-6-8-26(34-31(40)44-23-14-19-13-20(19)15-23)29(38)36-18-24(16-27(36)28(37)35-32)45-46(41,42)25-11-9-22(33)10-12-25;1-14(2)24-22-26-17(13-30-22)16-12-18(28)15-6-7-19(20(23)21(15)25-16)29-11-10-27-8-4-3-5-9-27/h10-11,22,25-31,33,36H,3-9,12-21,23-24H2,1-2H3,(H,48,50)(H,51,59)(H,52,55)(H,57,58);9-12,19-21,23-24,26-27H,2-8,13-18H2,1H3,(H,34,40)(H,35,37);6-7,12-14H,3-5,8-11H2,1-2H3,(H,24,26)(H,25,28)/t27-,28+,29-,30?,31-,33+,36+,46-;19-,20+,21-,23?,24+,26+,27+,32-;/m11./s1. The molecule has 0 bridgehead atoms. The van der Waals surface area contributed by atoms with Crippen LogP contribution in [0.25, 0.3) is 44.6 Å². The number of carboxylic acids is 1. The number of thiazole rings is 2. The number of morpholine rings is 1. The summed E-state index contributed by atoms with van der Waals surface area (Å²) in [5.74, 6) is -0.0317. The number of aromatic nitrogens is 4. The van der Waals surface area contributed by atoms with Crippen molar-refractivity contribution < 1.29 is 89.2 Å². The van der Waals surface area contributed by atoms with Crippen molar-refractivity contribution in [3.63, 3.8) is 0 Å². The summed E-state index contributed by atoms with van der Waals surface area (Å²) in [6, 6.07) is 12.9. The molecule has 3 aromatic carbocycles. The molecule has 10 heterocycles. The average Bonchev–Trinajstić information content (AvgIpc) is 1.58. The van der Waals surface area contributed by atoms with Crippen LogP contribution in [-0.2, 0) is 62.0 Å². The molecule has 0 radical (unpaired) electrons. The van der Waals surface area contributed by atoms with Crippen LogP contribution in [0.5, 0.6) is 17.2 Å². The lowest BCUT2D eigenvalue weighted by molar-refractivity contribution is -0.148. The number of hydrogen-bond donors (Lipinski definition) is 8. The number of benzene rings is 3. The third kappa shape index (κ3) is 25.0. The highest BCUT2D eigenvalue weighted by atomic mass is 79.9. The summed E-state index contributed by atoms with van der Waals surface area (Å²) in [5.41, 5.74) is 0.839. The Morgan fingerprint density at radius 2 is 1.06 bits per heavy atom. The zero-order valence-electron chi connectivity index (χ0n) is 79.9. The Morgan fingerprint density at radius 3 is 1.62 bits per heavy atom. The number of aliphatic carboxylic acids is 1. The van der Waals surface area contributed by atoms with Gasteiger partial charge in [0.05, 0.1) is 66.0 Å². The first-order valence-corrected chi connectivity index (χ1v) is 54.7. The van der Waals surface area contributed by atoms with Crippen LogP contribution in [0.15, 0.2) is 85.6 Å².